The first-order valence-corrected chi connectivity index (χ1v) is 5.08. The number of hydrogen-bond acceptors (Lipinski definition) is 2. The van der Waals surface area contributed by atoms with Gasteiger partial charge in [0.1, 0.15) is 5.60 Å². The summed E-state index contributed by atoms with van der Waals surface area (Å²) in [5.74, 6) is 0.542. The van der Waals surface area contributed by atoms with Crippen molar-refractivity contribution >= 4 is 0 Å². The second kappa shape index (κ2) is 2.48. The van der Waals surface area contributed by atoms with E-state index in [9.17, 15) is 0 Å². The summed E-state index contributed by atoms with van der Waals surface area (Å²) in [6, 6.07) is 2.23. The molecule has 3 atom stereocenters. The molecule has 13 heavy (non-hydrogen) atoms. The third kappa shape index (κ3) is 1.26. The van der Waals surface area contributed by atoms with Crippen LogP contribution in [-0.4, -0.2) is 11.7 Å². The van der Waals surface area contributed by atoms with Crippen molar-refractivity contribution in [3.63, 3.8) is 0 Å². The van der Waals surface area contributed by atoms with Crippen LogP contribution < -0.4 is 0 Å². The average molecular weight is 179 g/mol. The molecule has 1 spiro atoms. The zero-order valence-electron chi connectivity index (χ0n) is 8.63. The average Bonchev–Trinajstić information content (AvgIpc) is 2.73. The molecule has 2 aliphatic rings. The Balaban J connectivity index is 2.09. The van der Waals surface area contributed by atoms with Crippen LogP contribution in [0.3, 0.4) is 0 Å². The highest BCUT2D eigenvalue weighted by Crippen LogP contribution is 2.55. The smallest absolute Gasteiger partial charge is 0.173 e. The van der Waals surface area contributed by atoms with Crippen molar-refractivity contribution in [1.82, 2.24) is 0 Å². The molecule has 0 aromatic heterocycles. The SMILES string of the molecule is CC1CC(C)(C)CCC12OC2C#N. The minimum Gasteiger partial charge on any atom is -0.350 e. The van der Waals surface area contributed by atoms with Gasteiger partial charge in [-0.2, -0.15) is 5.26 Å². The van der Waals surface area contributed by atoms with Crippen LogP contribution in [0.15, 0.2) is 0 Å². The van der Waals surface area contributed by atoms with E-state index in [2.05, 4.69) is 26.8 Å². The Hall–Kier alpha value is -0.550. The topological polar surface area (TPSA) is 36.3 Å². The summed E-state index contributed by atoms with van der Waals surface area (Å²) in [5, 5.41) is 8.80. The van der Waals surface area contributed by atoms with Crippen molar-refractivity contribution in [3.8, 4) is 6.07 Å². The van der Waals surface area contributed by atoms with Crippen molar-refractivity contribution in [2.75, 3.05) is 0 Å². The fraction of sp³-hybridized carbons (Fsp3) is 0.909. The molecule has 0 radical (unpaired) electrons. The van der Waals surface area contributed by atoms with Crippen LogP contribution in [0, 0.1) is 22.7 Å². The maximum absolute atomic E-state index is 8.80. The van der Waals surface area contributed by atoms with Crippen molar-refractivity contribution in [2.24, 2.45) is 11.3 Å². The molecule has 72 valence electrons. The van der Waals surface area contributed by atoms with Crippen molar-refractivity contribution in [1.29, 1.82) is 5.26 Å². The molecule has 2 nitrogen and oxygen atoms in total. The highest BCUT2D eigenvalue weighted by atomic mass is 16.6. The molecule has 1 aliphatic carbocycles. The number of epoxide rings is 1. The van der Waals surface area contributed by atoms with Gasteiger partial charge in [-0.1, -0.05) is 20.8 Å². The molecule has 1 saturated heterocycles. The van der Waals surface area contributed by atoms with Crippen LogP contribution in [0.5, 0.6) is 0 Å². The number of nitrogens with zero attached hydrogens (tertiary/aromatic N) is 1. The third-order valence-corrected chi connectivity index (χ3v) is 3.73. The lowest BCUT2D eigenvalue weighted by molar-refractivity contribution is 0.0910. The standard InChI is InChI=1S/C11H17NO/c1-8-6-10(2,3)4-5-11(8)9(7-12)13-11/h8-9H,4-6H2,1-3H3. The highest BCUT2D eigenvalue weighted by molar-refractivity contribution is 5.18. The second-order valence-electron chi connectivity index (χ2n) is 5.35. The van der Waals surface area contributed by atoms with Gasteiger partial charge in [-0.25, -0.2) is 0 Å². The molecule has 0 N–H and O–H groups in total. The molecule has 2 heteroatoms. The summed E-state index contributed by atoms with van der Waals surface area (Å²) in [7, 11) is 0. The van der Waals surface area contributed by atoms with Gasteiger partial charge in [0, 0.05) is 0 Å². The molecule has 0 aromatic rings. The molecule has 1 heterocycles. The Kier molecular flexibility index (Phi) is 1.72. The van der Waals surface area contributed by atoms with Crippen LogP contribution in [-0.2, 0) is 4.74 Å². The molecule has 1 saturated carbocycles. The van der Waals surface area contributed by atoms with Gasteiger partial charge in [0.25, 0.3) is 0 Å². The summed E-state index contributed by atoms with van der Waals surface area (Å²) in [5.41, 5.74) is 0.390. The fourth-order valence-electron chi connectivity index (χ4n) is 2.77. The summed E-state index contributed by atoms with van der Waals surface area (Å²) in [6.45, 7) is 6.83. The lowest BCUT2D eigenvalue weighted by atomic mass is 9.66. The lowest BCUT2D eigenvalue weighted by Crippen LogP contribution is -2.36. The van der Waals surface area contributed by atoms with Crippen LogP contribution in [0.1, 0.15) is 40.0 Å². The summed E-state index contributed by atoms with van der Waals surface area (Å²) < 4.78 is 5.54. The van der Waals surface area contributed by atoms with E-state index in [0.717, 1.165) is 6.42 Å². The van der Waals surface area contributed by atoms with Gasteiger partial charge in [0.15, 0.2) is 6.10 Å². The minimum absolute atomic E-state index is 0.0513. The van der Waals surface area contributed by atoms with Gasteiger partial charge in [-0.05, 0) is 30.6 Å². The first kappa shape index (κ1) is 9.02. The molecule has 2 fully saturated rings. The molecular weight excluding hydrogens is 162 g/mol. The number of rotatable bonds is 0. The number of hydrogen-bond donors (Lipinski definition) is 0. The lowest BCUT2D eigenvalue weighted by Gasteiger charge is -2.37. The predicted octanol–water partition coefficient (Wildman–Crippen LogP) is 2.49. The summed E-state index contributed by atoms with van der Waals surface area (Å²) in [4.78, 5) is 0. The van der Waals surface area contributed by atoms with Gasteiger partial charge in [0.05, 0.1) is 6.07 Å². The molecule has 2 rings (SSSR count). The van der Waals surface area contributed by atoms with Crippen molar-refractivity contribution in [2.45, 2.75) is 51.7 Å². The largest absolute Gasteiger partial charge is 0.350 e. The van der Waals surface area contributed by atoms with Crippen LogP contribution >= 0.6 is 0 Å². The highest BCUT2D eigenvalue weighted by Gasteiger charge is 2.62. The first-order valence-electron chi connectivity index (χ1n) is 5.08. The van der Waals surface area contributed by atoms with Crippen LogP contribution in [0.4, 0.5) is 0 Å². The zero-order chi connectivity index (χ0) is 9.69. The van der Waals surface area contributed by atoms with Gasteiger partial charge in [-0.15, -0.1) is 0 Å². The van der Waals surface area contributed by atoms with Gasteiger partial charge in [0.2, 0.25) is 0 Å². The van der Waals surface area contributed by atoms with E-state index in [-0.39, 0.29) is 11.7 Å². The van der Waals surface area contributed by atoms with E-state index in [1.165, 1.54) is 12.8 Å². The van der Waals surface area contributed by atoms with Crippen LogP contribution in [0.2, 0.25) is 0 Å². The zero-order valence-corrected chi connectivity index (χ0v) is 8.63. The van der Waals surface area contributed by atoms with E-state index < -0.39 is 0 Å². The first-order chi connectivity index (χ1) is 6.00. The summed E-state index contributed by atoms with van der Waals surface area (Å²) in [6.07, 6.45) is 3.33. The minimum atomic E-state index is -0.112. The molecule has 0 bridgehead atoms. The quantitative estimate of drug-likeness (QED) is 0.536. The number of nitriles is 1. The molecule has 0 aromatic carbocycles. The molecule has 0 amide bonds. The Morgan fingerprint density at radius 2 is 2.08 bits per heavy atom. The van der Waals surface area contributed by atoms with Gasteiger partial charge < -0.3 is 4.74 Å². The Labute approximate surface area is 79.9 Å². The molecule has 1 aliphatic heterocycles. The monoisotopic (exact) mass is 179 g/mol. The second-order valence-corrected chi connectivity index (χ2v) is 5.35. The maximum atomic E-state index is 8.80. The molecule has 3 unspecified atom stereocenters. The Morgan fingerprint density at radius 1 is 1.38 bits per heavy atom. The van der Waals surface area contributed by atoms with Gasteiger partial charge in [-0.3, -0.25) is 0 Å². The third-order valence-electron chi connectivity index (χ3n) is 3.73. The van der Waals surface area contributed by atoms with Crippen molar-refractivity contribution in [3.05, 3.63) is 0 Å². The van der Waals surface area contributed by atoms with E-state index in [4.69, 9.17) is 10.00 Å². The fourth-order valence-corrected chi connectivity index (χ4v) is 2.77. The van der Waals surface area contributed by atoms with Gasteiger partial charge >= 0.3 is 0 Å². The van der Waals surface area contributed by atoms with Crippen molar-refractivity contribution < 1.29 is 4.74 Å². The van der Waals surface area contributed by atoms with E-state index >= 15 is 0 Å². The van der Waals surface area contributed by atoms with Crippen LogP contribution in [0.25, 0.3) is 0 Å². The summed E-state index contributed by atoms with van der Waals surface area (Å²) >= 11 is 0. The number of ether oxygens (including phenoxy) is 1. The predicted molar refractivity (Wildman–Crippen MR) is 50.0 cm³/mol. The van der Waals surface area contributed by atoms with E-state index in [1.807, 2.05) is 0 Å². The Morgan fingerprint density at radius 3 is 2.54 bits per heavy atom. The normalized spacial score (nSPS) is 47.2. The maximum Gasteiger partial charge on any atom is 0.173 e. The molecular formula is C11H17NO. The van der Waals surface area contributed by atoms with E-state index in [1.54, 1.807) is 0 Å². The Bertz CT molecular complexity index is 266. The van der Waals surface area contributed by atoms with E-state index in [0.29, 0.717) is 11.3 Å².